The van der Waals surface area contributed by atoms with Crippen LogP contribution in [0, 0.1) is 0 Å². The van der Waals surface area contributed by atoms with Crippen LogP contribution >= 0.6 is 0 Å². The van der Waals surface area contributed by atoms with Crippen LogP contribution in [0.3, 0.4) is 0 Å². The highest BCUT2D eigenvalue weighted by Crippen LogP contribution is 2.58. The SMILES string of the molecule is COc1ccc2c(c1S(=O)(=O)Nc1noc3cc(Cn4cccn4)c4c(c13)OCC4)OCC21CC1. The van der Waals surface area contributed by atoms with E-state index in [1.807, 2.05) is 29.1 Å². The highest BCUT2D eigenvalue weighted by Gasteiger charge is 2.52. The largest absolute Gasteiger partial charge is 0.495 e. The normalized spacial score (nSPS) is 17.2. The molecule has 10 nitrogen and oxygen atoms in total. The van der Waals surface area contributed by atoms with E-state index in [9.17, 15) is 8.42 Å². The zero-order chi connectivity index (χ0) is 23.8. The number of nitrogens with one attached hydrogen (secondary N) is 1. The number of fused-ring (bicyclic) bond motifs is 5. The summed E-state index contributed by atoms with van der Waals surface area (Å²) in [6.07, 6.45) is 6.27. The molecule has 0 radical (unpaired) electrons. The van der Waals surface area contributed by atoms with E-state index in [4.69, 9.17) is 18.7 Å². The molecule has 2 aromatic carbocycles. The van der Waals surface area contributed by atoms with E-state index >= 15 is 0 Å². The molecule has 0 bridgehead atoms. The summed E-state index contributed by atoms with van der Waals surface area (Å²) >= 11 is 0. The first-order valence-corrected chi connectivity index (χ1v) is 12.9. The summed E-state index contributed by atoms with van der Waals surface area (Å²) in [5, 5.41) is 8.84. The van der Waals surface area contributed by atoms with Gasteiger partial charge in [-0.3, -0.25) is 9.40 Å². The third-order valence-corrected chi connectivity index (χ3v) is 8.50. The van der Waals surface area contributed by atoms with Gasteiger partial charge in [0.2, 0.25) is 0 Å². The Balaban J connectivity index is 1.32. The molecule has 3 aliphatic rings. The van der Waals surface area contributed by atoms with E-state index < -0.39 is 10.0 Å². The molecule has 1 N–H and O–H groups in total. The van der Waals surface area contributed by atoms with Gasteiger partial charge in [-0.05, 0) is 36.6 Å². The Morgan fingerprint density at radius 3 is 2.89 bits per heavy atom. The second-order valence-electron chi connectivity index (χ2n) is 9.20. The minimum absolute atomic E-state index is 0.0229. The van der Waals surface area contributed by atoms with Crippen LogP contribution in [-0.4, -0.2) is 43.7 Å². The number of hydrogen-bond donors (Lipinski definition) is 1. The lowest BCUT2D eigenvalue weighted by Gasteiger charge is -2.14. The van der Waals surface area contributed by atoms with Crippen LogP contribution < -0.4 is 18.9 Å². The zero-order valence-corrected chi connectivity index (χ0v) is 19.7. The number of rotatable bonds is 6. The van der Waals surface area contributed by atoms with Crippen molar-refractivity contribution >= 4 is 26.8 Å². The smallest absolute Gasteiger partial charge is 0.270 e. The van der Waals surface area contributed by atoms with E-state index in [-0.39, 0.29) is 21.9 Å². The number of sulfonamides is 1. The first-order valence-electron chi connectivity index (χ1n) is 11.4. The van der Waals surface area contributed by atoms with Crippen molar-refractivity contribution in [3.8, 4) is 17.2 Å². The third kappa shape index (κ3) is 3.04. The summed E-state index contributed by atoms with van der Waals surface area (Å²) in [6, 6.07) is 7.32. The quantitative estimate of drug-likeness (QED) is 0.434. The summed E-state index contributed by atoms with van der Waals surface area (Å²) in [6.45, 7) is 1.52. The Morgan fingerprint density at radius 2 is 2.11 bits per heavy atom. The lowest BCUT2D eigenvalue weighted by molar-refractivity contribution is 0.313. The first-order chi connectivity index (χ1) is 17.0. The van der Waals surface area contributed by atoms with Gasteiger partial charge in [-0.1, -0.05) is 11.2 Å². The van der Waals surface area contributed by atoms with Gasteiger partial charge in [-0.15, -0.1) is 0 Å². The highest BCUT2D eigenvalue weighted by molar-refractivity contribution is 7.93. The van der Waals surface area contributed by atoms with Gasteiger partial charge in [-0.2, -0.15) is 5.10 Å². The summed E-state index contributed by atoms with van der Waals surface area (Å²) in [5.74, 6) is 1.22. The average Bonchev–Trinajstić information content (AvgIpc) is 3.28. The number of hydrogen-bond acceptors (Lipinski definition) is 8. The second-order valence-corrected chi connectivity index (χ2v) is 10.8. The van der Waals surface area contributed by atoms with Gasteiger partial charge in [0.05, 0.1) is 26.9 Å². The van der Waals surface area contributed by atoms with E-state index in [1.165, 1.54) is 7.11 Å². The van der Waals surface area contributed by atoms with Gasteiger partial charge in [-0.25, -0.2) is 8.42 Å². The summed E-state index contributed by atoms with van der Waals surface area (Å²) in [5.41, 5.74) is 3.26. The van der Waals surface area contributed by atoms with Gasteiger partial charge in [0.1, 0.15) is 22.6 Å². The third-order valence-electron chi connectivity index (χ3n) is 7.12. The molecular formula is C24H22N4O6S. The van der Waals surface area contributed by atoms with E-state index in [1.54, 1.807) is 12.3 Å². The summed E-state index contributed by atoms with van der Waals surface area (Å²) in [7, 11) is -2.69. The first kappa shape index (κ1) is 20.6. The molecule has 1 spiro atoms. The summed E-state index contributed by atoms with van der Waals surface area (Å²) < 4.78 is 54.6. The standard InChI is InChI=1S/C24H22N4O6S/c1-31-17-4-3-16-21(33-13-24(16)6-7-24)22(17)35(29,30)27-23-19-18(34-26-23)11-14(12-28-9-2-8-25-28)15-5-10-32-20(15)19/h2-4,8-9,11H,5-7,10,12-13H2,1H3,(H,26,27). The molecule has 0 atom stereocenters. The predicted octanol–water partition coefficient (Wildman–Crippen LogP) is 3.24. The fourth-order valence-corrected chi connectivity index (χ4v) is 6.51. The number of methoxy groups -OCH3 is 1. The molecule has 2 aromatic heterocycles. The molecule has 35 heavy (non-hydrogen) atoms. The molecule has 1 aliphatic carbocycles. The number of benzene rings is 2. The van der Waals surface area contributed by atoms with Crippen molar-refractivity contribution < 1.29 is 27.2 Å². The van der Waals surface area contributed by atoms with Crippen LogP contribution in [0.5, 0.6) is 17.2 Å². The van der Waals surface area contributed by atoms with Crippen molar-refractivity contribution in [2.24, 2.45) is 0 Å². The van der Waals surface area contributed by atoms with Gasteiger partial charge in [0.25, 0.3) is 10.0 Å². The Hall–Kier alpha value is -3.73. The lowest BCUT2D eigenvalue weighted by atomic mass is 9.98. The Bertz CT molecular complexity index is 1590. The lowest BCUT2D eigenvalue weighted by Crippen LogP contribution is -2.16. The van der Waals surface area contributed by atoms with Crippen molar-refractivity contribution in [2.45, 2.75) is 36.1 Å². The monoisotopic (exact) mass is 494 g/mol. The maximum atomic E-state index is 13.7. The molecule has 180 valence electrons. The van der Waals surface area contributed by atoms with E-state index in [2.05, 4.69) is 15.0 Å². The topological polar surface area (TPSA) is 118 Å². The molecular weight excluding hydrogens is 472 g/mol. The van der Waals surface area contributed by atoms with Crippen LogP contribution in [0.2, 0.25) is 0 Å². The van der Waals surface area contributed by atoms with Crippen LogP contribution in [0.1, 0.15) is 29.5 Å². The number of nitrogens with zero attached hydrogens (tertiary/aromatic N) is 3. The van der Waals surface area contributed by atoms with Crippen molar-refractivity contribution in [3.63, 3.8) is 0 Å². The molecule has 0 saturated heterocycles. The van der Waals surface area contributed by atoms with E-state index in [0.29, 0.717) is 48.6 Å². The Morgan fingerprint density at radius 1 is 1.23 bits per heavy atom. The minimum atomic E-state index is -4.13. The van der Waals surface area contributed by atoms with Crippen LogP contribution in [0.4, 0.5) is 5.82 Å². The summed E-state index contributed by atoms with van der Waals surface area (Å²) in [4.78, 5) is -0.0229. The average molecular weight is 495 g/mol. The molecule has 11 heteroatoms. The Kier molecular flexibility index (Phi) is 4.21. The molecule has 7 rings (SSSR count). The van der Waals surface area contributed by atoms with Crippen molar-refractivity contribution in [1.29, 1.82) is 0 Å². The van der Waals surface area contributed by atoms with Gasteiger partial charge >= 0.3 is 0 Å². The fraction of sp³-hybridized carbons (Fsp3) is 0.333. The Labute approximate surface area is 200 Å². The minimum Gasteiger partial charge on any atom is -0.495 e. The van der Waals surface area contributed by atoms with Crippen molar-refractivity contribution in [3.05, 3.63) is 53.3 Å². The maximum Gasteiger partial charge on any atom is 0.270 e. The van der Waals surface area contributed by atoms with Crippen LogP contribution in [0.15, 0.2) is 46.1 Å². The van der Waals surface area contributed by atoms with Gasteiger partial charge in [0.15, 0.2) is 16.3 Å². The fourth-order valence-electron chi connectivity index (χ4n) is 5.18. The molecule has 1 fully saturated rings. The molecule has 4 aromatic rings. The highest BCUT2D eigenvalue weighted by atomic mass is 32.2. The van der Waals surface area contributed by atoms with Crippen LogP contribution in [0.25, 0.3) is 11.0 Å². The predicted molar refractivity (Wildman–Crippen MR) is 125 cm³/mol. The van der Waals surface area contributed by atoms with Crippen molar-refractivity contribution in [2.75, 3.05) is 25.0 Å². The van der Waals surface area contributed by atoms with Gasteiger partial charge < -0.3 is 18.7 Å². The zero-order valence-electron chi connectivity index (χ0n) is 18.9. The number of ether oxygens (including phenoxy) is 3. The molecule has 0 unspecified atom stereocenters. The van der Waals surface area contributed by atoms with Crippen LogP contribution in [-0.2, 0) is 28.4 Å². The molecule has 0 amide bonds. The van der Waals surface area contributed by atoms with Crippen molar-refractivity contribution in [1.82, 2.24) is 14.9 Å². The molecule has 1 saturated carbocycles. The van der Waals surface area contributed by atoms with Gasteiger partial charge in [0, 0.05) is 35.4 Å². The number of anilines is 1. The molecule has 4 heterocycles. The number of aromatic nitrogens is 3. The van der Waals surface area contributed by atoms with E-state index in [0.717, 1.165) is 29.5 Å². The second kappa shape index (κ2) is 7.14. The maximum absolute atomic E-state index is 13.7. The molecule has 2 aliphatic heterocycles.